The summed E-state index contributed by atoms with van der Waals surface area (Å²) in [6, 6.07) is 10.1. The second-order valence-electron chi connectivity index (χ2n) is 6.10. The third-order valence-electron chi connectivity index (χ3n) is 4.32. The molecule has 4 rings (SSSR count). The van der Waals surface area contributed by atoms with Crippen molar-refractivity contribution in [2.75, 3.05) is 0 Å². The van der Waals surface area contributed by atoms with Gasteiger partial charge in [-0.05, 0) is 24.1 Å². The maximum absolute atomic E-state index is 12.3. The maximum Gasteiger partial charge on any atom is 0.224 e. The molecule has 0 saturated carbocycles. The highest BCUT2D eigenvalue weighted by Gasteiger charge is 2.20. The summed E-state index contributed by atoms with van der Waals surface area (Å²) in [5, 5.41) is 7.46. The minimum atomic E-state index is 0.0381. The van der Waals surface area contributed by atoms with E-state index in [1.807, 2.05) is 48.9 Å². The normalized spacial score (nSPS) is 16.6. The van der Waals surface area contributed by atoms with E-state index in [1.165, 1.54) is 0 Å². The first-order valence-electron chi connectivity index (χ1n) is 8.16. The van der Waals surface area contributed by atoms with E-state index >= 15 is 0 Å². The molecular formula is C18H19N5O. The lowest BCUT2D eigenvalue weighted by atomic mass is 10.1. The Morgan fingerprint density at radius 2 is 2.17 bits per heavy atom. The van der Waals surface area contributed by atoms with Crippen molar-refractivity contribution in [1.29, 1.82) is 0 Å². The molecule has 1 aliphatic heterocycles. The predicted octanol–water partition coefficient (Wildman–Crippen LogP) is 1.74. The van der Waals surface area contributed by atoms with Crippen molar-refractivity contribution in [1.82, 2.24) is 24.6 Å². The molecule has 1 aliphatic rings. The predicted molar refractivity (Wildman–Crippen MR) is 89.7 cm³/mol. The molecule has 6 nitrogen and oxygen atoms in total. The lowest BCUT2D eigenvalue weighted by Gasteiger charge is -2.24. The molecule has 0 aliphatic carbocycles. The Morgan fingerprint density at radius 1 is 1.29 bits per heavy atom. The summed E-state index contributed by atoms with van der Waals surface area (Å²) in [4.78, 5) is 16.6. The number of imidazole rings is 1. The van der Waals surface area contributed by atoms with Gasteiger partial charge < -0.3 is 9.88 Å². The number of benzene rings is 1. The van der Waals surface area contributed by atoms with Crippen molar-refractivity contribution < 1.29 is 4.79 Å². The fourth-order valence-corrected chi connectivity index (χ4v) is 3.12. The van der Waals surface area contributed by atoms with Crippen LogP contribution in [0.25, 0.3) is 5.69 Å². The van der Waals surface area contributed by atoms with Crippen LogP contribution in [0.1, 0.15) is 17.8 Å². The van der Waals surface area contributed by atoms with Crippen LogP contribution >= 0.6 is 0 Å². The van der Waals surface area contributed by atoms with Gasteiger partial charge in [0.05, 0.1) is 18.3 Å². The van der Waals surface area contributed by atoms with Gasteiger partial charge in [0.25, 0.3) is 0 Å². The van der Waals surface area contributed by atoms with Gasteiger partial charge >= 0.3 is 0 Å². The number of aromatic nitrogens is 4. The Hall–Kier alpha value is -2.89. The second-order valence-corrected chi connectivity index (χ2v) is 6.10. The summed E-state index contributed by atoms with van der Waals surface area (Å²) in [7, 11) is 0. The number of carbonyl (C=O) groups is 1. The number of para-hydroxylation sites is 1. The quantitative estimate of drug-likeness (QED) is 0.796. The summed E-state index contributed by atoms with van der Waals surface area (Å²) >= 11 is 0. The topological polar surface area (TPSA) is 64.7 Å². The van der Waals surface area contributed by atoms with Gasteiger partial charge in [-0.15, -0.1) is 0 Å². The second kappa shape index (κ2) is 6.31. The molecule has 1 aromatic carbocycles. The summed E-state index contributed by atoms with van der Waals surface area (Å²) in [6.07, 6.45) is 9.64. The Morgan fingerprint density at radius 3 is 3.04 bits per heavy atom. The van der Waals surface area contributed by atoms with Gasteiger partial charge in [0, 0.05) is 37.6 Å². The average molecular weight is 321 g/mol. The number of hydrogen-bond donors (Lipinski definition) is 1. The van der Waals surface area contributed by atoms with Crippen LogP contribution in [0.3, 0.4) is 0 Å². The molecular weight excluding hydrogens is 302 g/mol. The molecule has 0 bridgehead atoms. The number of carbonyl (C=O) groups excluding carboxylic acids is 1. The van der Waals surface area contributed by atoms with Crippen molar-refractivity contribution in [2.24, 2.45) is 0 Å². The summed E-state index contributed by atoms with van der Waals surface area (Å²) in [5.74, 6) is 1.14. The van der Waals surface area contributed by atoms with E-state index in [0.717, 1.165) is 36.5 Å². The van der Waals surface area contributed by atoms with Gasteiger partial charge in [-0.25, -0.2) is 9.67 Å². The van der Waals surface area contributed by atoms with Crippen LogP contribution in [0.2, 0.25) is 0 Å². The van der Waals surface area contributed by atoms with E-state index in [2.05, 4.69) is 20.0 Å². The van der Waals surface area contributed by atoms with Crippen LogP contribution in [0.15, 0.2) is 55.1 Å². The van der Waals surface area contributed by atoms with Crippen molar-refractivity contribution in [3.05, 3.63) is 66.5 Å². The van der Waals surface area contributed by atoms with Gasteiger partial charge in [-0.3, -0.25) is 4.79 Å². The Bertz CT molecular complexity index is 836. The zero-order valence-electron chi connectivity index (χ0n) is 13.3. The highest BCUT2D eigenvalue weighted by Crippen LogP contribution is 2.13. The van der Waals surface area contributed by atoms with E-state index < -0.39 is 0 Å². The van der Waals surface area contributed by atoms with E-state index in [4.69, 9.17) is 0 Å². The number of fused-ring (bicyclic) bond motifs is 1. The van der Waals surface area contributed by atoms with Crippen molar-refractivity contribution in [3.8, 4) is 5.69 Å². The van der Waals surface area contributed by atoms with Gasteiger partial charge in [0.15, 0.2) is 0 Å². The summed E-state index contributed by atoms with van der Waals surface area (Å²) in [6.45, 7) is 0.796. The van der Waals surface area contributed by atoms with E-state index in [1.54, 1.807) is 10.9 Å². The molecule has 0 radical (unpaired) electrons. The smallest absolute Gasteiger partial charge is 0.224 e. The van der Waals surface area contributed by atoms with Crippen LogP contribution < -0.4 is 5.32 Å². The third-order valence-corrected chi connectivity index (χ3v) is 4.32. The number of hydrogen-bond acceptors (Lipinski definition) is 3. The number of nitrogens with one attached hydrogen (secondary N) is 1. The van der Waals surface area contributed by atoms with Crippen LogP contribution in [0.5, 0.6) is 0 Å². The van der Waals surface area contributed by atoms with Crippen molar-refractivity contribution in [3.63, 3.8) is 0 Å². The van der Waals surface area contributed by atoms with Gasteiger partial charge in [-0.1, -0.05) is 18.2 Å². The molecule has 6 heteroatoms. The lowest BCUT2D eigenvalue weighted by Crippen LogP contribution is -2.41. The molecule has 122 valence electrons. The van der Waals surface area contributed by atoms with Gasteiger partial charge in [-0.2, -0.15) is 5.10 Å². The first-order valence-corrected chi connectivity index (χ1v) is 8.16. The zero-order chi connectivity index (χ0) is 16.4. The molecule has 0 spiro atoms. The van der Waals surface area contributed by atoms with Gasteiger partial charge in [0.2, 0.25) is 5.91 Å². The number of aryl methyl sites for hydroxylation is 1. The molecule has 0 fully saturated rings. The molecule has 2 aromatic heterocycles. The first-order chi connectivity index (χ1) is 11.8. The Labute approximate surface area is 140 Å². The van der Waals surface area contributed by atoms with Crippen molar-refractivity contribution in [2.45, 2.75) is 31.8 Å². The largest absolute Gasteiger partial charge is 0.351 e. The monoisotopic (exact) mass is 321 g/mol. The standard InChI is InChI=1S/C18H19N5O/c24-18(21-15-6-7-17-19-8-9-22(17)13-15)10-14-11-20-23(12-14)16-4-2-1-3-5-16/h1-5,8-9,11-12,15H,6-7,10,13H2,(H,21,24)/t15-/m1/s1. The Kier molecular flexibility index (Phi) is 3.86. The number of amides is 1. The average Bonchev–Trinajstić information content (AvgIpc) is 3.24. The minimum absolute atomic E-state index is 0.0381. The van der Waals surface area contributed by atoms with Crippen LogP contribution in [-0.2, 0) is 24.2 Å². The fraction of sp³-hybridized carbons (Fsp3) is 0.278. The molecule has 0 saturated heterocycles. The summed E-state index contributed by atoms with van der Waals surface area (Å²) < 4.78 is 3.91. The van der Waals surface area contributed by atoms with Gasteiger partial charge in [0.1, 0.15) is 5.82 Å². The Balaban J connectivity index is 1.36. The zero-order valence-corrected chi connectivity index (χ0v) is 13.3. The highest BCUT2D eigenvalue weighted by molar-refractivity contribution is 5.78. The van der Waals surface area contributed by atoms with E-state index in [0.29, 0.717) is 6.42 Å². The molecule has 1 atom stereocenters. The number of nitrogens with zero attached hydrogens (tertiary/aromatic N) is 4. The molecule has 3 aromatic rings. The third kappa shape index (κ3) is 3.08. The molecule has 1 amide bonds. The fourth-order valence-electron chi connectivity index (χ4n) is 3.12. The van der Waals surface area contributed by atoms with Crippen molar-refractivity contribution >= 4 is 5.91 Å². The van der Waals surface area contributed by atoms with E-state index in [9.17, 15) is 4.79 Å². The lowest BCUT2D eigenvalue weighted by molar-refractivity contribution is -0.121. The molecule has 3 heterocycles. The highest BCUT2D eigenvalue weighted by atomic mass is 16.1. The molecule has 1 N–H and O–H groups in total. The minimum Gasteiger partial charge on any atom is -0.351 e. The van der Waals surface area contributed by atoms with E-state index in [-0.39, 0.29) is 11.9 Å². The first kappa shape index (κ1) is 14.7. The molecule has 24 heavy (non-hydrogen) atoms. The van der Waals surface area contributed by atoms with Crippen LogP contribution in [-0.4, -0.2) is 31.3 Å². The number of rotatable bonds is 4. The van der Waals surface area contributed by atoms with Crippen LogP contribution in [0.4, 0.5) is 0 Å². The maximum atomic E-state index is 12.3. The molecule has 0 unspecified atom stereocenters. The summed E-state index contributed by atoms with van der Waals surface area (Å²) in [5.41, 5.74) is 1.90. The van der Waals surface area contributed by atoms with Crippen LogP contribution in [0, 0.1) is 0 Å². The SMILES string of the molecule is O=C(Cc1cnn(-c2ccccc2)c1)N[C@@H]1CCc2nccn2C1.